The Hall–Kier alpha value is -4.82. The highest BCUT2D eigenvalue weighted by atomic mass is 32.2. The number of hydrogen-bond donors (Lipinski definition) is 3. The highest BCUT2D eigenvalue weighted by Gasteiger charge is 2.23. The monoisotopic (exact) mass is 665 g/mol. The van der Waals surface area contributed by atoms with Crippen LogP contribution in [0.5, 0.6) is 17.2 Å². The van der Waals surface area contributed by atoms with E-state index in [0.29, 0.717) is 27.8 Å². The molecule has 0 unspecified atom stereocenters. The van der Waals surface area contributed by atoms with E-state index in [0.717, 1.165) is 21.3 Å². The van der Waals surface area contributed by atoms with E-state index in [1.165, 1.54) is 38.7 Å². The maximum atomic E-state index is 13.1. The lowest BCUT2D eigenvalue weighted by Gasteiger charge is -2.24. The van der Waals surface area contributed by atoms with E-state index >= 15 is 0 Å². The predicted octanol–water partition coefficient (Wildman–Crippen LogP) is 6.52. The second kappa shape index (κ2) is 12.9. The molecule has 3 aromatic carbocycles. The van der Waals surface area contributed by atoms with E-state index < -0.39 is 22.0 Å². The Morgan fingerprint density at radius 3 is 2.46 bits per heavy atom. The van der Waals surface area contributed by atoms with E-state index in [2.05, 4.69) is 20.3 Å². The lowest BCUT2D eigenvalue weighted by atomic mass is 9.86. The summed E-state index contributed by atoms with van der Waals surface area (Å²) in [4.78, 5) is 30.3. The number of carbonyl (C=O) groups excluding carboxylic acids is 2. The van der Waals surface area contributed by atoms with E-state index in [1.807, 2.05) is 51.1 Å². The van der Waals surface area contributed by atoms with Crippen LogP contribution in [0.4, 0.5) is 16.2 Å². The van der Waals surface area contributed by atoms with Crippen molar-refractivity contribution >= 4 is 59.9 Å². The van der Waals surface area contributed by atoms with Crippen LogP contribution in [-0.4, -0.2) is 49.8 Å². The third-order valence-electron chi connectivity index (χ3n) is 7.19. The van der Waals surface area contributed by atoms with Gasteiger partial charge in [0.15, 0.2) is 16.4 Å². The van der Waals surface area contributed by atoms with Crippen molar-refractivity contribution in [1.82, 2.24) is 14.7 Å². The Morgan fingerprint density at radius 2 is 1.76 bits per heavy atom. The summed E-state index contributed by atoms with van der Waals surface area (Å²) in [6.45, 7) is 7.64. The molecule has 14 heteroatoms. The molecule has 2 amide bonds. The number of hydrogen-bond acceptors (Lipinski definition) is 9. The number of para-hydroxylation sites is 1. The largest absolute Gasteiger partial charge is 0.492 e. The number of carbonyl (C=O) groups is 2. The second-order valence-electron chi connectivity index (χ2n) is 11.4. The molecule has 0 fully saturated rings. The summed E-state index contributed by atoms with van der Waals surface area (Å²) in [7, 11) is -0.865. The van der Waals surface area contributed by atoms with Crippen LogP contribution in [0.15, 0.2) is 60.8 Å². The minimum atomic E-state index is -3.61. The molecule has 2 aromatic heterocycles. The van der Waals surface area contributed by atoms with Gasteiger partial charge in [0.05, 0.1) is 47.8 Å². The molecule has 0 saturated heterocycles. The molecule has 0 aliphatic heterocycles. The second-order valence-corrected chi connectivity index (χ2v) is 14.4. The lowest BCUT2D eigenvalue weighted by Crippen LogP contribution is -2.29. The summed E-state index contributed by atoms with van der Waals surface area (Å²) in [6.07, 6.45) is 1.49. The first-order chi connectivity index (χ1) is 21.8. The highest BCUT2D eigenvalue weighted by Crippen LogP contribution is 2.39. The molecule has 5 aromatic rings. The Kier molecular flexibility index (Phi) is 9.13. The van der Waals surface area contributed by atoms with Gasteiger partial charge < -0.3 is 24.8 Å². The first-order valence-corrected chi connectivity index (χ1v) is 16.8. The molecule has 5 rings (SSSR count). The smallest absolute Gasteiger partial charge is 0.356 e. The number of imidazole rings is 1. The minimum Gasteiger partial charge on any atom is -0.492 e. The Morgan fingerprint density at radius 1 is 1.02 bits per heavy atom. The maximum absolute atomic E-state index is 13.1. The van der Waals surface area contributed by atoms with Gasteiger partial charge in [-0.1, -0.05) is 50.3 Å². The Bertz CT molecular complexity index is 2050. The van der Waals surface area contributed by atoms with Gasteiger partial charge in [-0.15, -0.1) is 0 Å². The van der Waals surface area contributed by atoms with Crippen LogP contribution >= 0.6 is 11.3 Å². The van der Waals surface area contributed by atoms with Crippen LogP contribution in [0.2, 0.25) is 0 Å². The molecule has 242 valence electrons. The van der Waals surface area contributed by atoms with Gasteiger partial charge in [0, 0.05) is 18.2 Å². The number of sulfonamides is 1. The first kappa shape index (κ1) is 32.6. The minimum absolute atomic E-state index is 0.119. The first-order valence-electron chi connectivity index (χ1n) is 14.4. The number of methoxy groups -OCH3 is 2. The van der Waals surface area contributed by atoms with E-state index in [-0.39, 0.29) is 29.1 Å². The molecule has 0 radical (unpaired) electrons. The van der Waals surface area contributed by atoms with Crippen LogP contribution in [0.3, 0.4) is 0 Å². The molecule has 46 heavy (non-hydrogen) atoms. The fourth-order valence-electron chi connectivity index (χ4n) is 4.72. The van der Waals surface area contributed by atoms with Gasteiger partial charge in [0.1, 0.15) is 11.5 Å². The van der Waals surface area contributed by atoms with Crippen molar-refractivity contribution in [3.05, 3.63) is 77.6 Å². The van der Waals surface area contributed by atoms with Crippen molar-refractivity contribution in [2.75, 3.05) is 30.0 Å². The van der Waals surface area contributed by atoms with Crippen LogP contribution in [0.1, 0.15) is 49.3 Å². The third kappa shape index (κ3) is 6.87. The number of aromatic nitrogens is 2. The fourth-order valence-corrected chi connectivity index (χ4v) is 6.38. The van der Waals surface area contributed by atoms with Crippen molar-refractivity contribution in [2.45, 2.75) is 39.7 Å². The number of urea groups is 1. The average Bonchev–Trinajstić information content (AvgIpc) is 3.58. The van der Waals surface area contributed by atoms with Crippen molar-refractivity contribution in [1.29, 1.82) is 0 Å². The number of esters is 1. The molecule has 0 saturated carbocycles. The zero-order valence-electron chi connectivity index (χ0n) is 26.3. The van der Waals surface area contributed by atoms with Crippen LogP contribution < -0.4 is 24.8 Å². The van der Waals surface area contributed by atoms with Gasteiger partial charge in [-0.2, -0.15) is 0 Å². The van der Waals surface area contributed by atoms with Gasteiger partial charge >= 0.3 is 12.0 Å². The number of amides is 2. The van der Waals surface area contributed by atoms with Crippen molar-refractivity contribution in [3.8, 4) is 17.2 Å². The molecule has 0 aliphatic rings. The summed E-state index contributed by atoms with van der Waals surface area (Å²) < 4.78 is 46.6. The van der Waals surface area contributed by atoms with E-state index in [4.69, 9.17) is 14.2 Å². The van der Waals surface area contributed by atoms with Crippen LogP contribution in [0, 0.1) is 0 Å². The Labute approximate surface area is 270 Å². The van der Waals surface area contributed by atoms with Gasteiger partial charge in [-0.3, -0.25) is 9.12 Å². The quantitative estimate of drug-likeness (QED) is 0.143. The molecule has 3 N–H and O–H groups in total. The van der Waals surface area contributed by atoms with Gasteiger partial charge in [-0.25, -0.2) is 23.0 Å². The normalized spacial score (nSPS) is 11.8. The summed E-state index contributed by atoms with van der Waals surface area (Å²) in [5, 5.41) is 5.66. The number of fused-ring (bicyclic) bond motifs is 3. The number of thiazole rings is 1. The fraction of sp³-hybridized carbons (Fsp3) is 0.281. The molecule has 0 atom stereocenters. The lowest BCUT2D eigenvalue weighted by molar-refractivity contribution is 0.0593. The molecule has 0 aliphatic carbocycles. The zero-order valence-corrected chi connectivity index (χ0v) is 27.9. The van der Waals surface area contributed by atoms with Crippen molar-refractivity contribution < 1.29 is 32.2 Å². The molecular formula is C32H35N5O7S2. The molecule has 12 nitrogen and oxygen atoms in total. The van der Waals surface area contributed by atoms with Crippen LogP contribution in [0.25, 0.3) is 15.2 Å². The van der Waals surface area contributed by atoms with Gasteiger partial charge in [0.25, 0.3) is 0 Å². The zero-order chi connectivity index (χ0) is 33.2. The predicted molar refractivity (Wildman–Crippen MR) is 179 cm³/mol. The molecule has 0 bridgehead atoms. The number of rotatable bonds is 10. The third-order valence-corrected chi connectivity index (χ3v) is 9.50. The van der Waals surface area contributed by atoms with Gasteiger partial charge in [-0.05, 0) is 48.2 Å². The van der Waals surface area contributed by atoms with Crippen molar-refractivity contribution in [2.24, 2.45) is 0 Å². The Balaban J connectivity index is 1.34. The maximum Gasteiger partial charge on any atom is 0.356 e. The summed E-state index contributed by atoms with van der Waals surface area (Å²) in [5.41, 5.74) is 2.87. The molecule has 2 heterocycles. The topological polar surface area (TPSA) is 149 Å². The van der Waals surface area contributed by atoms with Crippen LogP contribution in [-0.2, 0) is 26.7 Å². The van der Waals surface area contributed by atoms with E-state index in [1.54, 1.807) is 28.7 Å². The average molecular weight is 666 g/mol. The molecular weight excluding hydrogens is 631 g/mol. The number of anilines is 2. The van der Waals surface area contributed by atoms with Gasteiger partial charge in [0.2, 0.25) is 10.0 Å². The SMILES string of the molecule is CCS(=O)(=O)Nc1cc(C(C)(C)C)cc(NC(=O)NCc2ccccc2Oc2ccc3c(c2)sc2ncc(C(=O)OC)n23)c1OC. The summed E-state index contributed by atoms with van der Waals surface area (Å²) >= 11 is 1.42. The summed E-state index contributed by atoms with van der Waals surface area (Å²) in [6, 6.07) is 15.8. The highest BCUT2D eigenvalue weighted by molar-refractivity contribution is 7.92. The number of nitrogens with zero attached hydrogens (tertiary/aromatic N) is 2. The number of nitrogens with one attached hydrogen (secondary N) is 3. The number of benzene rings is 3. The van der Waals surface area contributed by atoms with E-state index in [9.17, 15) is 18.0 Å². The number of ether oxygens (including phenoxy) is 3. The standard InChI is InChI=1S/C32H35N5O7S2/c1-7-46(40,41)36-23-15-20(32(2,3)4)14-22(28(23)42-5)35-30(39)33-17-19-10-8-9-11-26(19)44-21-12-13-24-27(16-21)45-31-34-18-25(37(24)31)29(38)43-6/h8-16,18,36H,7,17H2,1-6H3,(H2,33,35,39). The van der Waals surface area contributed by atoms with Crippen molar-refractivity contribution in [3.63, 3.8) is 0 Å². The summed E-state index contributed by atoms with van der Waals surface area (Å²) in [5.74, 6) is 0.715. The molecule has 0 spiro atoms.